The van der Waals surface area contributed by atoms with E-state index < -0.39 is 0 Å². The van der Waals surface area contributed by atoms with E-state index in [1.165, 1.54) is 22.2 Å². The van der Waals surface area contributed by atoms with Crippen LogP contribution in [-0.2, 0) is 24.7 Å². The van der Waals surface area contributed by atoms with Gasteiger partial charge in [0.1, 0.15) is 0 Å². The number of para-hydroxylation sites is 1. The second-order valence-corrected chi connectivity index (χ2v) is 6.61. The number of hydrogen-bond acceptors (Lipinski definition) is 1. The number of rotatable bonds is 3. The molecule has 2 aromatic rings. The molecule has 0 spiro atoms. The molecule has 3 nitrogen and oxygen atoms in total. The van der Waals surface area contributed by atoms with E-state index in [0.717, 1.165) is 19.3 Å². The Bertz CT molecular complexity index is 669. The average Bonchev–Trinajstić information content (AvgIpc) is 2.72. The summed E-state index contributed by atoms with van der Waals surface area (Å²) in [4.78, 5) is 12.0. The highest BCUT2D eigenvalue weighted by atomic mass is 16.1. The number of nitrogens with one attached hydrogen (secondary N) is 1. The summed E-state index contributed by atoms with van der Waals surface area (Å²) in [6, 6.07) is 8.86. The number of fused-ring (bicyclic) bond motifs is 3. The van der Waals surface area contributed by atoms with Gasteiger partial charge in [-0.3, -0.25) is 4.79 Å². The molecule has 1 N–H and O–H groups in total. The van der Waals surface area contributed by atoms with Crippen LogP contribution in [0.15, 0.2) is 24.3 Å². The van der Waals surface area contributed by atoms with Crippen LogP contribution in [0.2, 0.25) is 0 Å². The Hall–Kier alpha value is -1.77. The molecule has 0 saturated heterocycles. The molecule has 1 aromatic heterocycles. The number of aromatic nitrogens is 1. The van der Waals surface area contributed by atoms with Gasteiger partial charge in [-0.1, -0.05) is 32.0 Å². The maximum atomic E-state index is 12.0. The van der Waals surface area contributed by atoms with Crippen molar-refractivity contribution in [2.45, 2.75) is 45.6 Å². The minimum Gasteiger partial charge on any atom is -0.353 e. The van der Waals surface area contributed by atoms with Gasteiger partial charge in [0.05, 0.1) is 0 Å². The lowest BCUT2D eigenvalue weighted by Gasteiger charge is -2.25. The molecule has 3 rings (SSSR count). The van der Waals surface area contributed by atoms with Crippen LogP contribution >= 0.6 is 0 Å². The molecule has 0 aliphatic heterocycles. The van der Waals surface area contributed by atoms with Crippen molar-refractivity contribution in [1.29, 1.82) is 0 Å². The van der Waals surface area contributed by atoms with E-state index in [1.54, 1.807) is 0 Å². The third-order valence-corrected chi connectivity index (χ3v) is 4.48. The molecule has 1 aliphatic carbocycles. The predicted octanol–water partition coefficient (Wildman–Crippen LogP) is 3.20. The smallest absolute Gasteiger partial charge is 0.220 e. The van der Waals surface area contributed by atoms with Gasteiger partial charge in [0.25, 0.3) is 0 Å². The first-order chi connectivity index (χ1) is 10.1. The van der Waals surface area contributed by atoms with Gasteiger partial charge in [-0.25, -0.2) is 0 Å². The van der Waals surface area contributed by atoms with Crippen molar-refractivity contribution in [3.05, 3.63) is 35.5 Å². The SMILES string of the molecule is CC(C)CC(=O)NC1CCc2c(c3ccccc3n2C)C1. The van der Waals surface area contributed by atoms with Gasteiger partial charge in [-0.2, -0.15) is 0 Å². The number of amides is 1. The summed E-state index contributed by atoms with van der Waals surface area (Å²) in [6.07, 6.45) is 3.67. The lowest BCUT2D eigenvalue weighted by molar-refractivity contribution is -0.122. The highest BCUT2D eigenvalue weighted by Crippen LogP contribution is 2.31. The standard InChI is InChI=1S/C18H24N2O/c1-12(2)10-18(21)19-13-8-9-17-15(11-13)14-6-4-5-7-16(14)20(17)3/h4-7,12-13H,8-11H2,1-3H3,(H,19,21). The van der Waals surface area contributed by atoms with Crippen molar-refractivity contribution in [3.63, 3.8) is 0 Å². The predicted molar refractivity (Wildman–Crippen MR) is 86.3 cm³/mol. The first-order valence-electron chi connectivity index (χ1n) is 7.90. The molecule has 112 valence electrons. The average molecular weight is 284 g/mol. The van der Waals surface area contributed by atoms with Crippen molar-refractivity contribution in [2.75, 3.05) is 0 Å². The molecule has 1 unspecified atom stereocenters. The van der Waals surface area contributed by atoms with Crippen LogP contribution in [0.25, 0.3) is 10.9 Å². The summed E-state index contributed by atoms with van der Waals surface area (Å²) >= 11 is 0. The van der Waals surface area contributed by atoms with E-state index in [1.807, 2.05) is 0 Å². The van der Waals surface area contributed by atoms with Gasteiger partial charge in [0.15, 0.2) is 0 Å². The fourth-order valence-corrected chi connectivity index (χ4v) is 3.51. The van der Waals surface area contributed by atoms with E-state index >= 15 is 0 Å². The Morgan fingerprint density at radius 1 is 1.38 bits per heavy atom. The van der Waals surface area contributed by atoms with Crippen LogP contribution in [0.1, 0.15) is 37.9 Å². The fraction of sp³-hybridized carbons (Fsp3) is 0.500. The van der Waals surface area contributed by atoms with E-state index in [2.05, 4.69) is 55.0 Å². The number of benzene rings is 1. The summed E-state index contributed by atoms with van der Waals surface area (Å²) < 4.78 is 2.32. The molecular weight excluding hydrogens is 260 g/mol. The Kier molecular flexibility index (Phi) is 3.75. The van der Waals surface area contributed by atoms with Crippen LogP contribution < -0.4 is 5.32 Å². The summed E-state index contributed by atoms with van der Waals surface area (Å²) in [7, 11) is 2.15. The minimum absolute atomic E-state index is 0.193. The van der Waals surface area contributed by atoms with Gasteiger partial charge >= 0.3 is 0 Å². The van der Waals surface area contributed by atoms with E-state index in [9.17, 15) is 4.79 Å². The zero-order chi connectivity index (χ0) is 15.0. The quantitative estimate of drug-likeness (QED) is 0.922. The lowest BCUT2D eigenvalue weighted by Crippen LogP contribution is -2.39. The summed E-state index contributed by atoms with van der Waals surface area (Å²) in [6.45, 7) is 4.17. The number of carbonyl (C=O) groups excluding carboxylic acids is 1. The largest absolute Gasteiger partial charge is 0.353 e. The molecule has 0 radical (unpaired) electrons. The molecule has 1 aliphatic rings. The third-order valence-electron chi connectivity index (χ3n) is 4.48. The summed E-state index contributed by atoms with van der Waals surface area (Å²) in [5, 5.41) is 4.56. The maximum absolute atomic E-state index is 12.0. The highest BCUT2D eigenvalue weighted by molar-refractivity contribution is 5.86. The van der Waals surface area contributed by atoms with Gasteiger partial charge < -0.3 is 9.88 Å². The molecular formula is C18H24N2O. The molecule has 1 atom stereocenters. The van der Waals surface area contributed by atoms with Crippen molar-refractivity contribution in [2.24, 2.45) is 13.0 Å². The van der Waals surface area contributed by atoms with Gasteiger partial charge in [0, 0.05) is 36.1 Å². The molecule has 3 heteroatoms. The van der Waals surface area contributed by atoms with Crippen molar-refractivity contribution < 1.29 is 4.79 Å². The molecule has 1 heterocycles. The molecule has 0 bridgehead atoms. The molecule has 0 saturated carbocycles. The lowest BCUT2D eigenvalue weighted by atomic mass is 9.91. The van der Waals surface area contributed by atoms with Crippen molar-refractivity contribution >= 4 is 16.8 Å². The van der Waals surface area contributed by atoms with E-state index in [0.29, 0.717) is 12.3 Å². The normalized spacial score (nSPS) is 18.0. The van der Waals surface area contributed by atoms with Crippen LogP contribution in [0.3, 0.4) is 0 Å². The van der Waals surface area contributed by atoms with Gasteiger partial charge in [-0.05, 0) is 36.8 Å². The maximum Gasteiger partial charge on any atom is 0.220 e. The molecule has 0 fully saturated rings. The highest BCUT2D eigenvalue weighted by Gasteiger charge is 2.25. The summed E-state index contributed by atoms with van der Waals surface area (Å²) in [5.74, 6) is 0.611. The Balaban J connectivity index is 1.82. The molecule has 1 amide bonds. The van der Waals surface area contributed by atoms with Crippen LogP contribution in [0.5, 0.6) is 0 Å². The fourth-order valence-electron chi connectivity index (χ4n) is 3.51. The Morgan fingerprint density at radius 3 is 2.90 bits per heavy atom. The second-order valence-electron chi connectivity index (χ2n) is 6.61. The third kappa shape index (κ3) is 2.69. The number of aryl methyl sites for hydroxylation is 1. The zero-order valence-corrected chi connectivity index (χ0v) is 13.1. The first-order valence-corrected chi connectivity index (χ1v) is 7.90. The van der Waals surface area contributed by atoms with Crippen LogP contribution in [0.4, 0.5) is 0 Å². The van der Waals surface area contributed by atoms with Crippen LogP contribution in [0, 0.1) is 5.92 Å². The van der Waals surface area contributed by atoms with Gasteiger partial charge in [-0.15, -0.1) is 0 Å². The van der Waals surface area contributed by atoms with E-state index in [-0.39, 0.29) is 11.9 Å². The van der Waals surface area contributed by atoms with Crippen LogP contribution in [-0.4, -0.2) is 16.5 Å². The second kappa shape index (κ2) is 5.55. The number of hydrogen-bond donors (Lipinski definition) is 1. The molecule has 1 aromatic carbocycles. The topological polar surface area (TPSA) is 34.0 Å². The van der Waals surface area contributed by atoms with E-state index in [4.69, 9.17) is 0 Å². The van der Waals surface area contributed by atoms with Gasteiger partial charge in [0.2, 0.25) is 5.91 Å². The first kappa shape index (κ1) is 14.2. The van der Waals surface area contributed by atoms with Crippen molar-refractivity contribution in [1.82, 2.24) is 9.88 Å². The monoisotopic (exact) mass is 284 g/mol. The minimum atomic E-state index is 0.193. The number of carbonyl (C=O) groups is 1. The summed E-state index contributed by atoms with van der Waals surface area (Å²) in [5.41, 5.74) is 4.16. The molecule has 21 heavy (non-hydrogen) atoms. The zero-order valence-electron chi connectivity index (χ0n) is 13.1. The Labute approximate surface area is 126 Å². The number of nitrogens with zero attached hydrogens (tertiary/aromatic N) is 1. The Morgan fingerprint density at radius 2 is 2.14 bits per heavy atom. The van der Waals surface area contributed by atoms with Crippen molar-refractivity contribution in [3.8, 4) is 0 Å².